The second-order valence-electron chi connectivity index (χ2n) is 5.10. The molecule has 0 saturated carbocycles. The molecule has 0 atom stereocenters. The Bertz CT molecular complexity index is 1000. The molecule has 112 valence electrons. The van der Waals surface area contributed by atoms with Crippen molar-refractivity contribution in [1.82, 2.24) is 3.96 Å². The zero-order valence-electron chi connectivity index (χ0n) is 12.2. The highest BCUT2D eigenvalue weighted by atomic mass is 32.1. The van der Waals surface area contributed by atoms with Gasteiger partial charge in [-0.1, -0.05) is 41.9 Å². The third kappa shape index (κ3) is 2.64. The van der Waals surface area contributed by atoms with Crippen molar-refractivity contribution in [3.8, 4) is 17.2 Å². The highest BCUT2D eigenvalue weighted by Crippen LogP contribution is 2.24. The Morgan fingerprint density at radius 2 is 1.39 bits per heavy atom. The minimum atomic E-state index is 0.0160. The van der Waals surface area contributed by atoms with Gasteiger partial charge in [0.05, 0.1) is 15.8 Å². The quantitative estimate of drug-likeness (QED) is 0.541. The average molecular weight is 319 g/mol. The molecule has 0 aliphatic carbocycles. The molecule has 3 aromatic carbocycles. The summed E-state index contributed by atoms with van der Waals surface area (Å²) in [6.07, 6.45) is 0. The van der Waals surface area contributed by atoms with E-state index < -0.39 is 0 Å². The Kier molecular flexibility index (Phi) is 3.44. The van der Waals surface area contributed by atoms with E-state index in [0.29, 0.717) is 0 Å². The van der Waals surface area contributed by atoms with Crippen molar-refractivity contribution in [2.75, 3.05) is 0 Å². The Morgan fingerprint density at radius 3 is 2.13 bits per heavy atom. The summed E-state index contributed by atoms with van der Waals surface area (Å²) in [4.78, 5) is 12.4. The van der Waals surface area contributed by atoms with Gasteiger partial charge >= 0.3 is 0 Å². The van der Waals surface area contributed by atoms with Gasteiger partial charge in [-0.05, 0) is 48.5 Å². The van der Waals surface area contributed by atoms with Crippen LogP contribution in [-0.4, -0.2) is 3.96 Å². The zero-order valence-corrected chi connectivity index (χ0v) is 13.0. The minimum absolute atomic E-state index is 0.0160. The lowest BCUT2D eigenvalue weighted by molar-refractivity contribution is 0.482. The third-order valence-electron chi connectivity index (χ3n) is 3.54. The van der Waals surface area contributed by atoms with Crippen LogP contribution in [-0.2, 0) is 0 Å². The predicted molar refractivity (Wildman–Crippen MR) is 93.9 cm³/mol. The van der Waals surface area contributed by atoms with E-state index in [1.165, 1.54) is 11.5 Å². The number of nitrogens with zero attached hydrogens (tertiary/aromatic N) is 1. The van der Waals surface area contributed by atoms with Crippen LogP contribution in [0.5, 0.6) is 11.5 Å². The number of hydrogen-bond donors (Lipinski definition) is 0. The maximum atomic E-state index is 12.4. The van der Waals surface area contributed by atoms with Gasteiger partial charge in [-0.25, -0.2) is 3.96 Å². The van der Waals surface area contributed by atoms with Crippen molar-refractivity contribution in [2.24, 2.45) is 0 Å². The standard InChI is InChI=1S/C19H13NO2S/c21-19-17-8-4-5-9-18(17)23-20(19)14-10-12-16(13-11-14)22-15-6-2-1-3-7-15/h1-13H. The van der Waals surface area contributed by atoms with Crippen molar-refractivity contribution in [1.29, 1.82) is 0 Å². The maximum absolute atomic E-state index is 12.4. The number of rotatable bonds is 3. The number of hydrogen-bond acceptors (Lipinski definition) is 3. The average Bonchev–Trinajstić information content (AvgIpc) is 2.94. The van der Waals surface area contributed by atoms with Crippen LogP contribution in [0.25, 0.3) is 15.8 Å². The molecular weight excluding hydrogens is 306 g/mol. The topological polar surface area (TPSA) is 31.2 Å². The maximum Gasteiger partial charge on any atom is 0.273 e. The number of benzene rings is 3. The fourth-order valence-corrected chi connectivity index (χ4v) is 3.41. The second-order valence-corrected chi connectivity index (χ2v) is 6.08. The van der Waals surface area contributed by atoms with E-state index in [1.54, 1.807) is 3.96 Å². The number of fused-ring (bicyclic) bond motifs is 1. The fourth-order valence-electron chi connectivity index (χ4n) is 2.42. The molecule has 1 aromatic heterocycles. The van der Waals surface area contributed by atoms with Gasteiger partial charge in [0.25, 0.3) is 5.56 Å². The second kappa shape index (κ2) is 5.74. The monoisotopic (exact) mass is 319 g/mol. The number of para-hydroxylation sites is 1. The summed E-state index contributed by atoms with van der Waals surface area (Å²) in [6, 6.07) is 24.8. The number of aromatic nitrogens is 1. The van der Waals surface area contributed by atoms with E-state index in [0.717, 1.165) is 27.3 Å². The molecule has 0 unspecified atom stereocenters. The van der Waals surface area contributed by atoms with E-state index in [1.807, 2.05) is 78.9 Å². The summed E-state index contributed by atoms with van der Waals surface area (Å²) in [5, 5.41) is 0.752. The van der Waals surface area contributed by atoms with Crippen LogP contribution in [0.15, 0.2) is 83.7 Å². The molecular formula is C19H13NO2S. The molecule has 0 amide bonds. The molecule has 0 aliphatic rings. The molecule has 0 spiro atoms. The van der Waals surface area contributed by atoms with E-state index >= 15 is 0 Å². The van der Waals surface area contributed by atoms with E-state index in [2.05, 4.69) is 0 Å². The molecule has 0 N–H and O–H groups in total. The lowest BCUT2D eigenvalue weighted by atomic mass is 10.2. The molecule has 0 fully saturated rings. The van der Waals surface area contributed by atoms with E-state index in [9.17, 15) is 4.79 Å². The molecule has 1 heterocycles. The van der Waals surface area contributed by atoms with Crippen LogP contribution in [0.2, 0.25) is 0 Å². The summed E-state index contributed by atoms with van der Waals surface area (Å²) in [7, 11) is 0. The van der Waals surface area contributed by atoms with Crippen molar-refractivity contribution in [3.05, 3.63) is 89.2 Å². The van der Waals surface area contributed by atoms with Gasteiger partial charge in [-0.15, -0.1) is 0 Å². The Hall–Kier alpha value is -2.85. The Balaban J connectivity index is 1.67. The highest BCUT2D eigenvalue weighted by molar-refractivity contribution is 7.14. The molecule has 4 aromatic rings. The summed E-state index contributed by atoms with van der Waals surface area (Å²) < 4.78 is 8.47. The Morgan fingerprint density at radius 1 is 0.739 bits per heavy atom. The van der Waals surface area contributed by atoms with Crippen molar-refractivity contribution in [2.45, 2.75) is 0 Å². The lowest BCUT2D eigenvalue weighted by Crippen LogP contribution is -2.10. The third-order valence-corrected chi connectivity index (χ3v) is 4.65. The lowest BCUT2D eigenvalue weighted by Gasteiger charge is -2.06. The minimum Gasteiger partial charge on any atom is -0.457 e. The molecule has 23 heavy (non-hydrogen) atoms. The van der Waals surface area contributed by atoms with Gasteiger partial charge in [0, 0.05) is 0 Å². The van der Waals surface area contributed by atoms with E-state index in [4.69, 9.17) is 4.74 Å². The van der Waals surface area contributed by atoms with Gasteiger partial charge in [0.15, 0.2) is 0 Å². The molecule has 0 radical (unpaired) electrons. The molecule has 0 bridgehead atoms. The smallest absolute Gasteiger partial charge is 0.273 e. The zero-order chi connectivity index (χ0) is 15.6. The molecule has 3 nitrogen and oxygen atoms in total. The highest BCUT2D eigenvalue weighted by Gasteiger charge is 2.08. The molecule has 0 aliphatic heterocycles. The van der Waals surface area contributed by atoms with Crippen molar-refractivity contribution in [3.63, 3.8) is 0 Å². The summed E-state index contributed by atoms with van der Waals surface area (Å²) in [5.41, 5.74) is 0.860. The van der Waals surface area contributed by atoms with Gasteiger partial charge in [-0.3, -0.25) is 4.79 Å². The van der Waals surface area contributed by atoms with Crippen LogP contribution < -0.4 is 10.3 Å². The summed E-state index contributed by atoms with van der Waals surface area (Å²) in [6.45, 7) is 0. The summed E-state index contributed by atoms with van der Waals surface area (Å²) >= 11 is 1.45. The SMILES string of the molecule is O=c1c2ccccc2sn1-c1ccc(Oc2ccccc2)cc1. The van der Waals surface area contributed by atoms with Crippen LogP contribution in [0.4, 0.5) is 0 Å². The largest absolute Gasteiger partial charge is 0.457 e. The van der Waals surface area contributed by atoms with Crippen LogP contribution in [0.1, 0.15) is 0 Å². The first-order chi connectivity index (χ1) is 11.3. The van der Waals surface area contributed by atoms with Crippen molar-refractivity contribution >= 4 is 21.6 Å². The molecule has 4 heteroatoms. The van der Waals surface area contributed by atoms with E-state index in [-0.39, 0.29) is 5.56 Å². The van der Waals surface area contributed by atoms with Crippen LogP contribution in [0, 0.1) is 0 Å². The summed E-state index contributed by atoms with van der Waals surface area (Å²) in [5.74, 6) is 1.54. The van der Waals surface area contributed by atoms with Crippen molar-refractivity contribution < 1.29 is 4.74 Å². The molecule has 0 saturated heterocycles. The van der Waals surface area contributed by atoms with Gasteiger partial charge in [0.1, 0.15) is 11.5 Å². The van der Waals surface area contributed by atoms with Gasteiger partial charge in [0.2, 0.25) is 0 Å². The Labute approximate surface area is 137 Å². The first-order valence-electron chi connectivity index (χ1n) is 7.26. The predicted octanol–water partition coefficient (Wildman–Crippen LogP) is 4.84. The van der Waals surface area contributed by atoms with Gasteiger partial charge < -0.3 is 4.74 Å². The first kappa shape index (κ1) is 13.8. The molecule has 4 rings (SSSR count). The fraction of sp³-hybridized carbons (Fsp3) is 0. The normalized spacial score (nSPS) is 10.8. The number of ether oxygens (including phenoxy) is 1. The van der Waals surface area contributed by atoms with Crippen LogP contribution in [0.3, 0.4) is 0 Å². The first-order valence-corrected chi connectivity index (χ1v) is 8.03. The van der Waals surface area contributed by atoms with Crippen LogP contribution >= 0.6 is 11.5 Å². The van der Waals surface area contributed by atoms with Gasteiger partial charge in [-0.2, -0.15) is 0 Å².